The lowest BCUT2D eigenvalue weighted by atomic mass is 9.87. The Morgan fingerprint density at radius 3 is 2.56 bits per heavy atom. The van der Waals surface area contributed by atoms with E-state index >= 15 is 0 Å². The van der Waals surface area contributed by atoms with Gasteiger partial charge in [0.2, 0.25) is 0 Å². The number of amides is 1. The summed E-state index contributed by atoms with van der Waals surface area (Å²) in [5.41, 5.74) is 2.08. The van der Waals surface area contributed by atoms with Crippen molar-refractivity contribution in [2.75, 3.05) is 32.8 Å². The average Bonchev–Trinajstić information content (AvgIpc) is 3.61. The van der Waals surface area contributed by atoms with Crippen LogP contribution in [-0.2, 0) is 11.3 Å². The minimum absolute atomic E-state index is 0.0314. The van der Waals surface area contributed by atoms with E-state index in [0.29, 0.717) is 24.6 Å². The van der Waals surface area contributed by atoms with Gasteiger partial charge in [0.15, 0.2) is 5.43 Å². The fourth-order valence-electron chi connectivity index (χ4n) is 5.93. The third kappa shape index (κ3) is 5.02. The molecule has 2 aromatic rings. The van der Waals surface area contributed by atoms with E-state index in [1.807, 2.05) is 6.92 Å². The topological polar surface area (TPSA) is 63.6 Å². The van der Waals surface area contributed by atoms with Crippen molar-refractivity contribution < 1.29 is 9.53 Å². The van der Waals surface area contributed by atoms with Gasteiger partial charge in [-0.25, -0.2) is 0 Å². The first-order chi connectivity index (χ1) is 16.6. The van der Waals surface area contributed by atoms with Crippen LogP contribution in [0, 0.1) is 6.92 Å². The summed E-state index contributed by atoms with van der Waals surface area (Å²) in [5, 5.41) is 5.35. The third-order valence-electron chi connectivity index (χ3n) is 7.94. The van der Waals surface area contributed by atoms with Crippen LogP contribution in [-0.4, -0.2) is 53.8 Å². The molecule has 0 unspecified atom stereocenters. The van der Waals surface area contributed by atoms with Crippen molar-refractivity contribution in [3.8, 4) is 0 Å². The molecule has 184 valence electrons. The number of nitrogens with zero attached hydrogens (tertiary/aromatic N) is 2. The molecule has 3 heterocycles. The van der Waals surface area contributed by atoms with Crippen LogP contribution in [0.5, 0.6) is 0 Å². The van der Waals surface area contributed by atoms with Crippen molar-refractivity contribution in [1.29, 1.82) is 0 Å². The van der Waals surface area contributed by atoms with Crippen molar-refractivity contribution in [2.45, 2.75) is 76.3 Å². The summed E-state index contributed by atoms with van der Waals surface area (Å²) in [6.45, 7) is 6.66. The second-order valence-corrected chi connectivity index (χ2v) is 11.3. The van der Waals surface area contributed by atoms with Crippen molar-refractivity contribution in [3.05, 3.63) is 55.6 Å². The first kappa shape index (κ1) is 23.8. The van der Waals surface area contributed by atoms with Gasteiger partial charge in [-0.1, -0.05) is 31.7 Å². The Hall–Kier alpha value is -1.96. The summed E-state index contributed by atoms with van der Waals surface area (Å²) in [5.74, 6) is 0.114. The lowest BCUT2D eigenvalue weighted by Crippen LogP contribution is -2.59. The van der Waals surface area contributed by atoms with Crippen molar-refractivity contribution in [3.63, 3.8) is 0 Å². The van der Waals surface area contributed by atoms with Crippen LogP contribution in [0.4, 0.5) is 0 Å². The van der Waals surface area contributed by atoms with E-state index in [1.165, 1.54) is 30.6 Å². The minimum atomic E-state index is -0.191. The Labute approximate surface area is 206 Å². The van der Waals surface area contributed by atoms with E-state index in [4.69, 9.17) is 4.74 Å². The largest absolute Gasteiger partial charge is 0.379 e. The summed E-state index contributed by atoms with van der Waals surface area (Å²) in [4.78, 5) is 30.6. The molecule has 2 aliphatic carbocycles. The van der Waals surface area contributed by atoms with Crippen LogP contribution in [0.3, 0.4) is 0 Å². The second kappa shape index (κ2) is 10.3. The maximum atomic E-state index is 13.7. The molecule has 5 rings (SSSR count). The summed E-state index contributed by atoms with van der Waals surface area (Å²) in [7, 11) is 0. The lowest BCUT2D eigenvalue weighted by Gasteiger charge is -2.45. The molecule has 0 radical (unpaired) electrons. The molecule has 3 aliphatic rings. The zero-order valence-corrected chi connectivity index (χ0v) is 21.1. The number of carbonyl (C=O) groups excluding carboxylic acids is 1. The molecule has 1 N–H and O–H groups in total. The molecule has 1 amide bonds. The number of aromatic nitrogens is 1. The number of ether oxygens (including phenoxy) is 1. The van der Waals surface area contributed by atoms with Crippen LogP contribution >= 0.6 is 11.3 Å². The van der Waals surface area contributed by atoms with Gasteiger partial charge in [-0.05, 0) is 44.1 Å². The van der Waals surface area contributed by atoms with Gasteiger partial charge in [-0.2, -0.15) is 0 Å². The first-order valence-electron chi connectivity index (χ1n) is 13.0. The van der Waals surface area contributed by atoms with Crippen LogP contribution in [0.15, 0.2) is 28.4 Å². The predicted octanol–water partition coefficient (Wildman–Crippen LogP) is 4.30. The number of pyridine rings is 1. The number of nitrogens with one attached hydrogen (secondary N) is 1. The number of thiophene rings is 1. The molecular weight excluding hydrogens is 446 g/mol. The number of hydrogen-bond donors (Lipinski definition) is 1. The molecular formula is C27H37N3O3S. The Kier molecular flexibility index (Phi) is 7.23. The molecule has 0 aromatic carbocycles. The standard InChI is InChI=1S/C27H37N3O3S/c1-20-17-23(31)24(25(21-8-9-21)30(20)18-22-7-6-16-34-22)26(32)28-19-27(10-4-2-3-5-11-27)29-12-14-33-15-13-29/h6-7,16-17,21H,2-5,8-15,18-19H2,1H3,(H,28,32). The summed E-state index contributed by atoms with van der Waals surface area (Å²) in [6, 6.07) is 5.83. The fourth-order valence-corrected chi connectivity index (χ4v) is 6.62. The van der Waals surface area contributed by atoms with Gasteiger partial charge < -0.3 is 14.6 Å². The predicted molar refractivity (Wildman–Crippen MR) is 136 cm³/mol. The van der Waals surface area contributed by atoms with Gasteiger partial charge in [-0.15, -0.1) is 11.3 Å². The quantitative estimate of drug-likeness (QED) is 0.597. The van der Waals surface area contributed by atoms with Crippen molar-refractivity contribution >= 4 is 17.2 Å². The van der Waals surface area contributed by atoms with E-state index < -0.39 is 0 Å². The highest BCUT2D eigenvalue weighted by Crippen LogP contribution is 2.42. The normalized spacial score (nSPS) is 21.2. The highest BCUT2D eigenvalue weighted by atomic mass is 32.1. The summed E-state index contributed by atoms with van der Waals surface area (Å²) >= 11 is 1.72. The molecule has 2 aromatic heterocycles. The second-order valence-electron chi connectivity index (χ2n) is 10.3. The molecule has 34 heavy (non-hydrogen) atoms. The number of carbonyl (C=O) groups is 1. The first-order valence-corrected chi connectivity index (χ1v) is 13.8. The van der Waals surface area contributed by atoms with Crippen LogP contribution in [0.1, 0.15) is 83.9 Å². The zero-order chi connectivity index (χ0) is 23.5. The minimum Gasteiger partial charge on any atom is -0.379 e. The molecule has 0 atom stereocenters. The molecule has 0 spiro atoms. The Bertz CT molecular complexity index is 1040. The monoisotopic (exact) mass is 483 g/mol. The van der Waals surface area contributed by atoms with Crippen molar-refractivity contribution in [1.82, 2.24) is 14.8 Å². The molecule has 3 fully saturated rings. The molecule has 2 saturated carbocycles. The summed E-state index contributed by atoms with van der Waals surface area (Å²) in [6.07, 6.45) is 9.20. The molecule has 1 saturated heterocycles. The average molecular weight is 484 g/mol. The fraction of sp³-hybridized carbons (Fsp3) is 0.630. The SMILES string of the molecule is Cc1cc(=O)c(C(=O)NCC2(N3CCOCC3)CCCCCC2)c(C2CC2)n1Cc1cccs1. The maximum absolute atomic E-state index is 13.7. The number of hydrogen-bond acceptors (Lipinski definition) is 5. The smallest absolute Gasteiger partial charge is 0.257 e. The van der Waals surface area contributed by atoms with Gasteiger partial charge in [-0.3, -0.25) is 14.5 Å². The number of morpholine rings is 1. The highest BCUT2D eigenvalue weighted by Gasteiger charge is 2.39. The molecule has 7 heteroatoms. The molecule has 1 aliphatic heterocycles. The van der Waals surface area contributed by atoms with Gasteiger partial charge in [0, 0.05) is 53.4 Å². The highest BCUT2D eigenvalue weighted by molar-refractivity contribution is 7.09. The van der Waals surface area contributed by atoms with Crippen LogP contribution < -0.4 is 10.7 Å². The lowest BCUT2D eigenvalue weighted by molar-refractivity contribution is -0.0281. The van der Waals surface area contributed by atoms with E-state index in [1.54, 1.807) is 17.4 Å². The number of aryl methyl sites for hydroxylation is 1. The van der Waals surface area contributed by atoms with E-state index in [0.717, 1.165) is 63.4 Å². The molecule has 0 bridgehead atoms. The van der Waals surface area contributed by atoms with Gasteiger partial charge in [0.25, 0.3) is 5.91 Å². The number of rotatable bonds is 7. The maximum Gasteiger partial charge on any atom is 0.257 e. The van der Waals surface area contributed by atoms with Gasteiger partial charge >= 0.3 is 0 Å². The zero-order valence-electron chi connectivity index (χ0n) is 20.3. The van der Waals surface area contributed by atoms with E-state index in [-0.39, 0.29) is 16.9 Å². The van der Waals surface area contributed by atoms with Gasteiger partial charge in [0.1, 0.15) is 5.56 Å². The van der Waals surface area contributed by atoms with E-state index in [9.17, 15) is 9.59 Å². The van der Waals surface area contributed by atoms with Crippen molar-refractivity contribution in [2.24, 2.45) is 0 Å². The Morgan fingerprint density at radius 1 is 1.18 bits per heavy atom. The van der Waals surface area contributed by atoms with Crippen LogP contribution in [0.2, 0.25) is 0 Å². The molecule has 6 nitrogen and oxygen atoms in total. The van der Waals surface area contributed by atoms with Crippen LogP contribution in [0.25, 0.3) is 0 Å². The third-order valence-corrected chi connectivity index (χ3v) is 8.80. The van der Waals surface area contributed by atoms with Gasteiger partial charge in [0.05, 0.1) is 19.8 Å². The Balaban J connectivity index is 1.43. The summed E-state index contributed by atoms with van der Waals surface area (Å²) < 4.78 is 7.83. The Morgan fingerprint density at radius 2 is 1.91 bits per heavy atom. The van der Waals surface area contributed by atoms with E-state index in [2.05, 4.69) is 32.3 Å².